The highest BCUT2D eigenvalue weighted by molar-refractivity contribution is 5.99. The van der Waals surface area contributed by atoms with Gasteiger partial charge < -0.3 is 26.0 Å². The molecule has 1 aliphatic heterocycles. The summed E-state index contributed by atoms with van der Waals surface area (Å²) in [6.07, 6.45) is -3.11. The summed E-state index contributed by atoms with van der Waals surface area (Å²) in [5.41, 5.74) is 5.37. The first-order chi connectivity index (χ1) is 17.7. The smallest absolute Gasteiger partial charge is 0.416 e. The van der Waals surface area contributed by atoms with Gasteiger partial charge in [0.15, 0.2) is 0 Å². The van der Waals surface area contributed by atoms with E-state index in [1.807, 2.05) is 4.90 Å². The molecule has 4 rings (SSSR count). The molecule has 3 aromatic rings. The maximum Gasteiger partial charge on any atom is 0.416 e. The lowest BCUT2D eigenvalue weighted by Crippen LogP contribution is -2.45. The number of ether oxygens (including phenoxy) is 1. The van der Waals surface area contributed by atoms with Crippen LogP contribution in [0, 0.1) is 0 Å². The molecule has 2 amide bonds. The fraction of sp³-hybridized carbons (Fsp3) is 0.320. The molecule has 37 heavy (non-hydrogen) atoms. The Morgan fingerprint density at radius 3 is 2.41 bits per heavy atom. The molecule has 1 aliphatic rings. The second-order valence-corrected chi connectivity index (χ2v) is 8.54. The third-order valence-corrected chi connectivity index (χ3v) is 5.94. The number of nitrogens with one attached hydrogen (secondary N) is 2. The number of aromatic nitrogens is 2. The van der Waals surface area contributed by atoms with Gasteiger partial charge in [-0.25, -0.2) is 9.78 Å². The SMILES string of the molecule is CCN1CCN(Cc2ccc(NC(=O)Nc3cccc(Oc4ccnc(N)n4)c3)cc2C(F)(F)F)CC1. The first-order valence-corrected chi connectivity index (χ1v) is 11.8. The van der Waals surface area contributed by atoms with Crippen molar-refractivity contribution < 1.29 is 22.7 Å². The normalized spacial score (nSPS) is 14.8. The van der Waals surface area contributed by atoms with Gasteiger partial charge in [-0.15, -0.1) is 0 Å². The van der Waals surface area contributed by atoms with Crippen LogP contribution in [-0.4, -0.2) is 58.5 Å². The molecule has 1 saturated heterocycles. The number of alkyl halides is 3. The average molecular weight is 516 g/mol. The van der Waals surface area contributed by atoms with Crippen molar-refractivity contribution in [2.75, 3.05) is 49.1 Å². The van der Waals surface area contributed by atoms with Crippen molar-refractivity contribution in [3.63, 3.8) is 0 Å². The Kier molecular flexibility index (Phi) is 8.09. The fourth-order valence-corrected chi connectivity index (χ4v) is 4.03. The lowest BCUT2D eigenvalue weighted by atomic mass is 10.0. The number of likely N-dealkylation sites (N-methyl/N-ethyl adjacent to an activating group) is 1. The topological polar surface area (TPSA) is 109 Å². The molecule has 0 radical (unpaired) electrons. The molecule has 0 saturated carbocycles. The van der Waals surface area contributed by atoms with Gasteiger partial charge in [0.05, 0.1) is 5.56 Å². The Morgan fingerprint density at radius 2 is 1.73 bits per heavy atom. The Morgan fingerprint density at radius 1 is 1.03 bits per heavy atom. The second kappa shape index (κ2) is 11.4. The van der Waals surface area contributed by atoms with E-state index >= 15 is 0 Å². The van der Waals surface area contributed by atoms with Gasteiger partial charge in [0.25, 0.3) is 0 Å². The van der Waals surface area contributed by atoms with Gasteiger partial charge >= 0.3 is 12.2 Å². The van der Waals surface area contributed by atoms with Gasteiger partial charge in [-0.05, 0) is 36.4 Å². The predicted octanol–water partition coefficient (Wildman–Crippen LogP) is 4.65. The highest BCUT2D eigenvalue weighted by Crippen LogP contribution is 2.34. The van der Waals surface area contributed by atoms with Crippen molar-refractivity contribution >= 4 is 23.4 Å². The van der Waals surface area contributed by atoms with Crippen molar-refractivity contribution in [2.45, 2.75) is 19.6 Å². The summed E-state index contributed by atoms with van der Waals surface area (Å²) in [6, 6.07) is 11.2. The van der Waals surface area contributed by atoms with E-state index in [0.717, 1.165) is 25.7 Å². The lowest BCUT2D eigenvalue weighted by Gasteiger charge is -2.34. The third-order valence-electron chi connectivity index (χ3n) is 5.94. The Labute approximate surface area is 212 Å². The molecule has 9 nitrogen and oxygen atoms in total. The Bertz CT molecular complexity index is 1230. The molecule has 12 heteroatoms. The highest BCUT2D eigenvalue weighted by Gasteiger charge is 2.34. The van der Waals surface area contributed by atoms with Crippen LogP contribution in [0.3, 0.4) is 0 Å². The number of anilines is 3. The van der Waals surface area contributed by atoms with E-state index in [0.29, 0.717) is 24.5 Å². The van der Waals surface area contributed by atoms with Crippen LogP contribution in [0.1, 0.15) is 18.1 Å². The van der Waals surface area contributed by atoms with Crippen LogP contribution in [0.15, 0.2) is 54.7 Å². The number of carbonyl (C=O) groups is 1. The zero-order valence-corrected chi connectivity index (χ0v) is 20.3. The van der Waals surface area contributed by atoms with Gasteiger partial charge in [-0.2, -0.15) is 18.2 Å². The summed E-state index contributed by atoms with van der Waals surface area (Å²) in [6.45, 7) is 6.28. The number of nitrogen functional groups attached to an aromatic ring is 1. The van der Waals surface area contributed by atoms with Crippen molar-refractivity contribution in [1.29, 1.82) is 0 Å². The third kappa shape index (κ3) is 7.30. The minimum atomic E-state index is -4.55. The first-order valence-electron chi connectivity index (χ1n) is 11.8. The zero-order chi connectivity index (χ0) is 26.4. The molecule has 0 unspecified atom stereocenters. The number of urea groups is 1. The number of amides is 2. The molecule has 4 N–H and O–H groups in total. The molecule has 0 atom stereocenters. The molecular formula is C25H28F3N7O2. The number of nitrogens with two attached hydrogens (primary N) is 1. The Balaban J connectivity index is 1.41. The largest absolute Gasteiger partial charge is 0.439 e. The number of nitrogens with zero attached hydrogens (tertiary/aromatic N) is 4. The molecule has 0 bridgehead atoms. The van der Waals surface area contributed by atoms with Crippen LogP contribution in [-0.2, 0) is 12.7 Å². The van der Waals surface area contributed by atoms with Crippen LogP contribution < -0.4 is 21.1 Å². The number of piperazine rings is 1. The quantitative estimate of drug-likeness (QED) is 0.420. The minimum Gasteiger partial charge on any atom is -0.439 e. The van der Waals surface area contributed by atoms with E-state index in [9.17, 15) is 18.0 Å². The second-order valence-electron chi connectivity index (χ2n) is 8.54. The summed E-state index contributed by atoms with van der Waals surface area (Å²) in [5.74, 6) is 0.648. The fourth-order valence-electron chi connectivity index (χ4n) is 4.03. The zero-order valence-electron chi connectivity index (χ0n) is 20.3. The molecule has 0 aliphatic carbocycles. The highest BCUT2D eigenvalue weighted by atomic mass is 19.4. The van der Waals surface area contributed by atoms with E-state index in [1.165, 1.54) is 24.4 Å². The molecule has 196 valence electrons. The monoisotopic (exact) mass is 515 g/mol. The van der Waals surface area contributed by atoms with E-state index < -0.39 is 17.8 Å². The standard InChI is InChI=1S/C25H28F3N7O2/c1-2-34-10-12-35(13-11-34)16-17-6-7-19(15-21(17)25(26,27)28)32-24(36)31-18-4-3-5-20(14-18)37-22-8-9-30-23(29)33-22/h3-9,14-15H,2,10-13,16H2,1H3,(H2,29,30,33)(H2,31,32,36). The van der Waals surface area contributed by atoms with Gasteiger partial charge in [-0.3, -0.25) is 4.90 Å². The van der Waals surface area contributed by atoms with Crippen LogP contribution in [0.4, 0.5) is 35.3 Å². The summed E-state index contributed by atoms with van der Waals surface area (Å²) >= 11 is 0. The summed E-state index contributed by atoms with van der Waals surface area (Å²) in [5, 5.41) is 5.07. The maximum absolute atomic E-state index is 13.8. The van der Waals surface area contributed by atoms with Crippen LogP contribution in [0.25, 0.3) is 0 Å². The van der Waals surface area contributed by atoms with E-state index in [2.05, 4.69) is 32.4 Å². The summed E-state index contributed by atoms with van der Waals surface area (Å²) < 4.78 is 47.1. The number of hydrogen-bond acceptors (Lipinski definition) is 7. The van der Waals surface area contributed by atoms with Gasteiger partial charge in [-0.1, -0.05) is 19.1 Å². The summed E-state index contributed by atoms with van der Waals surface area (Å²) in [7, 11) is 0. The van der Waals surface area contributed by atoms with Gasteiger partial charge in [0.2, 0.25) is 11.8 Å². The number of carbonyl (C=O) groups excluding carboxylic acids is 1. The van der Waals surface area contributed by atoms with Crippen molar-refractivity contribution in [3.8, 4) is 11.6 Å². The number of halogens is 3. The van der Waals surface area contributed by atoms with E-state index in [-0.39, 0.29) is 29.6 Å². The van der Waals surface area contributed by atoms with Crippen molar-refractivity contribution in [2.24, 2.45) is 0 Å². The average Bonchev–Trinajstić information content (AvgIpc) is 2.85. The van der Waals surface area contributed by atoms with E-state index in [1.54, 1.807) is 24.3 Å². The minimum absolute atomic E-state index is 0.0354. The van der Waals surface area contributed by atoms with Gasteiger partial charge in [0, 0.05) is 62.4 Å². The maximum atomic E-state index is 13.8. The molecule has 2 heterocycles. The van der Waals surface area contributed by atoms with E-state index in [4.69, 9.17) is 10.5 Å². The molecule has 1 aromatic heterocycles. The van der Waals surface area contributed by atoms with Crippen LogP contribution in [0.2, 0.25) is 0 Å². The number of rotatable bonds is 7. The predicted molar refractivity (Wildman–Crippen MR) is 134 cm³/mol. The van der Waals surface area contributed by atoms with Crippen LogP contribution in [0.5, 0.6) is 11.6 Å². The first kappa shape index (κ1) is 26.2. The summed E-state index contributed by atoms with van der Waals surface area (Å²) in [4.78, 5) is 24.5. The number of hydrogen-bond donors (Lipinski definition) is 3. The van der Waals surface area contributed by atoms with Crippen molar-refractivity contribution in [1.82, 2.24) is 19.8 Å². The molecule has 0 spiro atoms. The van der Waals surface area contributed by atoms with Gasteiger partial charge in [0.1, 0.15) is 5.75 Å². The lowest BCUT2D eigenvalue weighted by molar-refractivity contribution is -0.138. The Hall–Kier alpha value is -3.90. The number of benzene rings is 2. The molecular weight excluding hydrogens is 487 g/mol. The molecule has 2 aromatic carbocycles. The van der Waals surface area contributed by atoms with Crippen LogP contribution >= 0.6 is 0 Å². The molecule has 1 fully saturated rings. The van der Waals surface area contributed by atoms with Crippen molar-refractivity contribution in [3.05, 3.63) is 65.9 Å².